The van der Waals surface area contributed by atoms with Crippen molar-refractivity contribution in [3.8, 4) is 11.4 Å². The lowest BCUT2D eigenvalue weighted by Crippen LogP contribution is -2.13. The summed E-state index contributed by atoms with van der Waals surface area (Å²) >= 11 is 0. The van der Waals surface area contributed by atoms with Gasteiger partial charge in [-0.15, -0.1) is 5.10 Å². The summed E-state index contributed by atoms with van der Waals surface area (Å²) < 4.78 is 1.69. The molecule has 1 N–H and O–H groups in total. The Balaban J connectivity index is 1.88. The average molecular weight is 307 g/mol. The normalized spacial score (nSPS) is 10.5. The minimum absolute atomic E-state index is 0.156. The van der Waals surface area contributed by atoms with Gasteiger partial charge in [-0.2, -0.15) is 0 Å². The maximum absolute atomic E-state index is 12.5. The van der Waals surface area contributed by atoms with Crippen molar-refractivity contribution in [2.45, 2.75) is 20.4 Å². The van der Waals surface area contributed by atoms with Gasteiger partial charge in [0.1, 0.15) is 0 Å². The van der Waals surface area contributed by atoms with Crippen molar-refractivity contribution in [3.05, 3.63) is 59.7 Å². The molecule has 3 rings (SSSR count). The molecule has 116 valence electrons. The Labute approximate surface area is 134 Å². The fourth-order valence-corrected chi connectivity index (χ4v) is 2.33. The lowest BCUT2D eigenvalue weighted by atomic mass is 10.1. The van der Waals surface area contributed by atoms with E-state index in [1.54, 1.807) is 16.8 Å². The highest BCUT2D eigenvalue weighted by atomic mass is 16.1. The summed E-state index contributed by atoms with van der Waals surface area (Å²) in [5.41, 5.74) is 3.21. The standard InChI is InChI=1S/C17H17N5O/c1-3-22-16(19-20-21-22)13-8-6-9-14(11-13)17(23)18-15-10-5-4-7-12(15)2/h4-11H,3H2,1-2H3,(H,18,23). The Morgan fingerprint density at radius 2 is 2.00 bits per heavy atom. The Morgan fingerprint density at radius 3 is 2.78 bits per heavy atom. The van der Waals surface area contributed by atoms with Gasteiger partial charge in [0, 0.05) is 23.4 Å². The third kappa shape index (κ3) is 3.11. The number of para-hydroxylation sites is 1. The number of rotatable bonds is 4. The van der Waals surface area contributed by atoms with Gasteiger partial charge in [-0.25, -0.2) is 4.68 Å². The van der Waals surface area contributed by atoms with E-state index in [9.17, 15) is 4.79 Å². The maximum atomic E-state index is 12.5. The lowest BCUT2D eigenvalue weighted by Gasteiger charge is -2.09. The zero-order chi connectivity index (χ0) is 16.2. The van der Waals surface area contributed by atoms with Crippen LogP contribution in [0.15, 0.2) is 48.5 Å². The van der Waals surface area contributed by atoms with E-state index >= 15 is 0 Å². The van der Waals surface area contributed by atoms with Crippen LogP contribution in [0.1, 0.15) is 22.8 Å². The van der Waals surface area contributed by atoms with Gasteiger partial charge in [0.15, 0.2) is 5.82 Å². The van der Waals surface area contributed by atoms with Crippen LogP contribution in [-0.2, 0) is 6.54 Å². The predicted octanol–water partition coefficient (Wildman–Crippen LogP) is 2.92. The zero-order valence-corrected chi connectivity index (χ0v) is 13.0. The molecule has 0 saturated heterocycles. The lowest BCUT2D eigenvalue weighted by molar-refractivity contribution is 0.102. The van der Waals surface area contributed by atoms with E-state index < -0.39 is 0 Å². The second-order valence-corrected chi connectivity index (χ2v) is 5.17. The van der Waals surface area contributed by atoms with E-state index in [1.807, 2.05) is 50.2 Å². The van der Waals surface area contributed by atoms with Crippen molar-refractivity contribution in [2.75, 3.05) is 5.32 Å². The summed E-state index contributed by atoms with van der Waals surface area (Å²) in [6, 6.07) is 15.0. The molecule has 0 bridgehead atoms. The second kappa shape index (κ2) is 6.39. The molecular weight excluding hydrogens is 290 g/mol. The van der Waals surface area contributed by atoms with Crippen molar-refractivity contribution in [2.24, 2.45) is 0 Å². The van der Waals surface area contributed by atoms with E-state index in [4.69, 9.17) is 0 Å². The number of carbonyl (C=O) groups excluding carboxylic acids is 1. The molecule has 6 nitrogen and oxygen atoms in total. The van der Waals surface area contributed by atoms with Gasteiger partial charge in [-0.05, 0) is 48.0 Å². The maximum Gasteiger partial charge on any atom is 0.255 e. The molecule has 1 heterocycles. The molecule has 0 atom stereocenters. The van der Waals surface area contributed by atoms with E-state index in [1.165, 1.54) is 0 Å². The third-order valence-corrected chi connectivity index (χ3v) is 3.61. The van der Waals surface area contributed by atoms with Crippen LogP contribution in [0, 0.1) is 6.92 Å². The largest absolute Gasteiger partial charge is 0.322 e. The van der Waals surface area contributed by atoms with Gasteiger partial charge in [-0.3, -0.25) is 4.79 Å². The molecular formula is C17H17N5O. The minimum Gasteiger partial charge on any atom is -0.322 e. The van der Waals surface area contributed by atoms with Crippen LogP contribution in [0.25, 0.3) is 11.4 Å². The number of nitrogens with one attached hydrogen (secondary N) is 1. The molecule has 0 radical (unpaired) electrons. The zero-order valence-electron chi connectivity index (χ0n) is 13.0. The number of benzene rings is 2. The van der Waals surface area contributed by atoms with Gasteiger partial charge in [0.25, 0.3) is 5.91 Å². The van der Waals surface area contributed by atoms with Gasteiger partial charge >= 0.3 is 0 Å². The fourth-order valence-electron chi connectivity index (χ4n) is 2.33. The quantitative estimate of drug-likeness (QED) is 0.804. The summed E-state index contributed by atoms with van der Waals surface area (Å²) in [5, 5.41) is 14.6. The molecule has 0 aliphatic carbocycles. The van der Waals surface area contributed by atoms with Crippen molar-refractivity contribution >= 4 is 11.6 Å². The van der Waals surface area contributed by atoms with Crippen molar-refractivity contribution < 1.29 is 4.79 Å². The van der Waals surface area contributed by atoms with Gasteiger partial charge in [0.2, 0.25) is 0 Å². The van der Waals surface area contributed by atoms with Crippen molar-refractivity contribution in [1.29, 1.82) is 0 Å². The predicted molar refractivity (Wildman–Crippen MR) is 88.1 cm³/mol. The molecule has 2 aromatic carbocycles. The van der Waals surface area contributed by atoms with Crippen LogP contribution in [0.2, 0.25) is 0 Å². The Bertz CT molecular complexity index is 840. The van der Waals surface area contributed by atoms with Crippen LogP contribution >= 0.6 is 0 Å². The highest BCUT2D eigenvalue weighted by molar-refractivity contribution is 6.05. The molecule has 0 aliphatic rings. The number of tetrazole rings is 1. The number of aromatic nitrogens is 4. The Hall–Kier alpha value is -3.02. The number of anilines is 1. The molecule has 6 heteroatoms. The summed E-state index contributed by atoms with van der Waals surface area (Å²) in [5.74, 6) is 0.495. The Morgan fingerprint density at radius 1 is 1.17 bits per heavy atom. The molecule has 0 aliphatic heterocycles. The van der Waals surface area contributed by atoms with Gasteiger partial charge in [0.05, 0.1) is 0 Å². The van der Waals surface area contributed by atoms with Crippen molar-refractivity contribution in [3.63, 3.8) is 0 Å². The first-order chi connectivity index (χ1) is 11.2. The van der Waals surface area contributed by atoms with E-state index in [0.717, 1.165) is 16.8 Å². The van der Waals surface area contributed by atoms with Gasteiger partial charge < -0.3 is 5.32 Å². The fraction of sp³-hybridized carbons (Fsp3) is 0.176. The molecule has 1 amide bonds. The summed E-state index contributed by atoms with van der Waals surface area (Å²) in [4.78, 5) is 12.5. The smallest absolute Gasteiger partial charge is 0.255 e. The molecule has 23 heavy (non-hydrogen) atoms. The molecule has 3 aromatic rings. The minimum atomic E-state index is -0.156. The molecule has 1 aromatic heterocycles. The highest BCUT2D eigenvalue weighted by Crippen LogP contribution is 2.19. The van der Waals surface area contributed by atoms with Crippen LogP contribution in [0.3, 0.4) is 0 Å². The number of hydrogen-bond donors (Lipinski definition) is 1. The van der Waals surface area contributed by atoms with Crippen LogP contribution in [-0.4, -0.2) is 26.1 Å². The topological polar surface area (TPSA) is 72.7 Å². The van der Waals surface area contributed by atoms with Crippen LogP contribution < -0.4 is 5.32 Å². The summed E-state index contributed by atoms with van der Waals surface area (Å²) in [6.45, 7) is 4.60. The van der Waals surface area contributed by atoms with E-state index in [0.29, 0.717) is 17.9 Å². The Kier molecular flexibility index (Phi) is 4.14. The van der Waals surface area contributed by atoms with Gasteiger partial charge in [-0.1, -0.05) is 30.3 Å². The first-order valence-corrected chi connectivity index (χ1v) is 7.42. The number of aryl methyl sites for hydroxylation is 2. The number of carbonyl (C=O) groups is 1. The SMILES string of the molecule is CCn1nnnc1-c1cccc(C(=O)Nc2ccccc2C)c1. The summed E-state index contributed by atoms with van der Waals surface area (Å²) in [7, 11) is 0. The highest BCUT2D eigenvalue weighted by Gasteiger charge is 2.12. The number of nitrogens with zero attached hydrogens (tertiary/aromatic N) is 4. The van der Waals surface area contributed by atoms with Crippen LogP contribution in [0.4, 0.5) is 5.69 Å². The number of amides is 1. The number of hydrogen-bond acceptors (Lipinski definition) is 4. The van der Waals surface area contributed by atoms with Crippen LogP contribution in [0.5, 0.6) is 0 Å². The first-order valence-electron chi connectivity index (χ1n) is 7.42. The average Bonchev–Trinajstić information content (AvgIpc) is 3.06. The third-order valence-electron chi connectivity index (χ3n) is 3.61. The molecule has 0 fully saturated rings. The molecule has 0 spiro atoms. The van der Waals surface area contributed by atoms with E-state index in [2.05, 4.69) is 20.8 Å². The van der Waals surface area contributed by atoms with Crippen molar-refractivity contribution in [1.82, 2.24) is 20.2 Å². The summed E-state index contributed by atoms with van der Waals surface area (Å²) in [6.07, 6.45) is 0. The molecule has 0 saturated carbocycles. The van der Waals surface area contributed by atoms with E-state index in [-0.39, 0.29) is 5.91 Å². The molecule has 0 unspecified atom stereocenters. The second-order valence-electron chi connectivity index (χ2n) is 5.17. The first kappa shape index (κ1) is 14.9. The monoisotopic (exact) mass is 307 g/mol.